The van der Waals surface area contributed by atoms with Gasteiger partial charge < -0.3 is 5.32 Å². The molecule has 0 unspecified atom stereocenters. The van der Waals surface area contributed by atoms with E-state index >= 15 is 0 Å². The molecule has 2 aromatic rings. The molecule has 18 heavy (non-hydrogen) atoms. The number of rotatable bonds is 3. The Labute approximate surface area is 107 Å². The monoisotopic (exact) mass is 237 g/mol. The Bertz CT molecular complexity index is 544. The van der Waals surface area contributed by atoms with Crippen molar-refractivity contribution in [2.75, 3.05) is 0 Å². The van der Waals surface area contributed by atoms with E-state index in [-0.39, 0.29) is 5.91 Å². The van der Waals surface area contributed by atoms with Crippen LogP contribution in [0.4, 0.5) is 0 Å². The lowest BCUT2D eigenvalue weighted by atomic mass is 10.1. The van der Waals surface area contributed by atoms with Crippen molar-refractivity contribution in [3.05, 3.63) is 78.0 Å². The maximum absolute atomic E-state index is 11.8. The number of hydrogen-bond donors (Lipinski definition) is 1. The summed E-state index contributed by atoms with van der Waals surface area (Å²) in [5, 5.41) is 2.80. The number of hydrogen-bond acceptors (Lipinski definition) is 1. The lowest BCUT2D eigenvalue weighted by Crippen LogP contribution is -2.17. The van der Waals surface area contributed by atoms with Crippen LogP contribution in [-0.2, 0) is 0 Å². The molecule has 0 saturated carbocycles. The molecule has 0 radical (unpaired) electrons. The Hall–Kier alpha value is -2.35. The van der Waals surface area contributed by atoms with Crippen LogP contribution in [0.5, 0.6) is 0 Å². The fraction of sp³-hybridized carbons (Fsp3) is 0.0625. The molecule has 2 aromatic carbocycles. The van der Waals surface area contributed by atoms with Crippen LogP contribution in [0.25, 0.3) is 5.57 Å². The summed E-state index contributed by atoms with van der Waals surface area (Å²) in [7, 11) is 0. The third kappa shape index (κ3) is 3.08. The average Bonchev–Trinajstić information content (AvgIpc) is 2.46. The third-order valence-electron chi connectivity index (χ3n) is 2.68. The molecule has 2 rings (SSSR count). The van der Waals surface area contributed by atoms with Gasteiger partial charge in [-0.05, 0) is 30.2 Å². The molecule has 1 amide bonds. The zero-order chi connectivity index (χ0) is 12.8. The lowest BCUT2D eigenvalue weighted by Gasteiger charge is -2.03. The molecule has 0 aromatic heterocycles. The van der Waals surface area contributed by atoms with Crippen LogP contribution in [0, 0.1) is 0 Å². The second-order valence-corrected chi connectivity index (χ2v) is 4.03. The molecule has 0 aliphatic heterocycles. The maximum atomic E-state index is 11.8. The molecule has 0 spiro atoms. The van der Waals surface area contributed by atoms with Gasteiger partial charge in [0.05, 0.1) is 0 Å². The van der Waals surface area contributed by atoms with E-state index in [1.165, 1.54) is 0 Å². The Kier molecular flexibility index (Phi) is 3.92. The van der Waals surface area contributed by atoms with Crippen LogP contribution in [0.3, 0.4) is 0 Å². The van der Waals surface area contributed by atoms with Crippen molar-refractivity contribution in [3.8, 4) is 0 Å². The SMILES string of the molecule is C/C(=C\NC(=O)c1ccccc1)c1ccccc1. The quantitative estimate of drug-likeness (QED) is 0.870. The van der Waals surface area contributed by atoms with Crippen LogP contribution < -0.4 is 5.32 Å². The number of carbonyl (C=O) groups is 1. The highest BCUT2D eigenvalue weighted by molar-refractivity contribution is 5.95. The van der Waals surface area contributed by atoms with Crippen LogP contribution in [-0.4, -0.2) is 5.91 Å². The summed E-state index contributed by atoms with van der Waals surface area (Å²) in [6.45, 7) is 1.97. The molecule has 0 atom stereocenters. The van der Waals surface area contributed by atoms with E-state index < -0.39 is 0 Å². The number of allylic oxidation sites excluding steroid dienone is 1. The van der Waals surface area contributed by atoms with Gasteiger partial charge in [0.25, 0.3) is 5.91 Å². The molecule has 0 bridgehead atoms. The molecular formula is C16H15NO. The summed E-state index contributed by atoms with van der Waals surface area (Å²) in [5.74, 6) is -0.0918. The first-order valence-corrected chi connectivity index (χ1v) is 5.85. The smallest absolute Gasteiger partial charge is 0.255 e. The maximum Gasteiger partial charge on any atom is 0.255 e. The summed E-state index contributed by atoms with van der Waals surface area (Å²) >= 11 is 0. The molecule has 0 fully saturated rings. The van der Waals surface area contributed by atoms with Crippen LogP contribution in [0.15, 0.2) is 66.9 Å². The molecule has 2 heteroatoms. The molecule has 0 heterocycles. The molecule has 0 aliphatic carbocycles. The van der Waals surface area contributed by atoms with Gasteiger partial charge in [0.15, 0.2) is 0 Å². The van der Waals surface area contributed by atoms with Gasteiger partial charge in [0, 0.05) is 11.8 Å². The molecule has 0 saturated heterocycles. The standard InChI is InChI=1S/C16H15NO/c1-13(14-8-4-2-5-9-14)12-17-16(18)15-10-6-3-7-11-15/h2-12H,1H3,(H,17,18)/b13-12+. The first kappa shape index (κ1) is 12.1. The summed E-state index contributed by atoms with van der Waals surface area (Å²) in [6, 6.07) is 19.1. The summed E-state index contributed by atoms with van der Waals surface area (Å²) in [5.41, 5.74) is 2.79. The predicted octanol–water partition coefficient (Wildman–Crippen LogP) is 3.48. The predicted molar refractivity (Wildman–Crippen MR) is 74.0 cm³/mol. The minimum Gasteiger partial charge on any atom is -0.328 e. The highest BCUT2D eigenvalue weighted by atomic mass is 16.1. The van der Waals surface area contributed by atoms with E-state index in [1.807, 2.05) is 55.5 Å². The van der Waals surface area contributed by atoms with Gasteiger partial charge in [-0.3, -0.25) is 4.79 Å². The van der Waals surface area contributed by atoms with Gasteiger partial charge in [0.2, 0.25) is 0 Å². The zero-order valence-corrected chi connectivity index (χ0v) is 10.3. The highest BCUT2D eigenvalue weighted by Crippen LogP contribution is 2.11. The minimum absolute atomic E-state index is 0.0918. The van der Waals surface area contributed by atoms with Crippen molar-refractivity contribution in [1.82, 2.24) is 5.32 Å². The van der Waals surface area contributed by atoms with Crippen molar-refractivity contribution in [2.45, 2.75) is 6.92 Å². The van der Waals surface area contributed by atoms with E-state index in [2.05, 4.69) is 5.32 Å². The fourth-order valence-corrected chi connectivity index (χ4v) is 1.63. The van der Waals surface area contributed by atoms with Crippen LogP contribution in [0.1, 0.15) is 22.8 Å². The largest absolute Gasteiger partial charge is 0.328 e. The molecule has 90 valence electrons. The minimum atomic E-state index is -0.0918. The Balaban J connectivity index is 2.05. The van der Waals surface area contributed by atoms with Crippen molar-refractivity contribution in [1.29, 1.82) is 0 Å². The number of nitrogens with one attached hydrogen (secondary N) is 1. The van der Waals surface area contributed by atoms with E-state index in [1.54, 1.807) is 18.3 Å². The first-order valence-electron chi connectivity index (χ1n) is 5.85. The second kappa shape index (κ2) is 5.82. The van der Waals surface area contributed by atoms with Gasteiger partial charge in [-0.15, -0.1) is 0 Å². The van der Waals surface area contributed by atoms with E-state index in [0.717, 1.165) is 11.1 Å². The van der Waals surface area contributed by atoms with Gasteiger partial charge in [-0.2, -0.15) is 0 Å². The Morgan fingerprint density at radius 3 is 1.94 bits per heavy atom. The second-order valence-electron chi connectivity index (χ2n) is 4.03. The highest BCUT2D eigenvalue weighted by Gasteiger charge is 2.02. The molecule has 0 aliphatic rings. The summed E-state index contributed by atoms with van der Waals surface area (Å²) < 4.78 is 0. The zero-order valence-electron chi connectivity index (χ0n) is 10.3. The van der Waals surface area contributed by atoms with Gasteiger partial charge >= 0.3 is 0 Å². The summed E-state index contributed by atoms with van der Waals surface area (Å²) in [4.78, 5) is 11.8. The van der Waals surface area contributed by atoms with Crippen molar-refractivity contribution < 1.29 is 4.79 Å². The number of carbonyl (C=O) groups excluding carboxylic acids is 1. The fourth-order valence-electron chi connectivity index (χ4n) is 1.63. The first-order chi connectivity index (χ1) is 8.77. The Morgan fingerprint density at radius 1 is 0.889 bits per heavy atom. The lowest BCUT2D eigenvalue weighted by molar-refractivity contribution is 0.0970. The van der Waals surface area contributed by atoms with Gasteiger partial charge in [-0.1, -0.05) is 48.5 Å². The van der Waals surface area contributed by atoms with Crippen molar-refractivity contribution in [3.63, 3.8) is 0 Å². The Morgan fingerprint density at radius 2 is 1.39 bits per heavy atom. The average molecular weight is 237 g/mol. The van der Waals surface area contributed by atoms with E-state index in [4.69, 9.17) is 0 Å². The normalized spacial score (nSPS) is 11.1. The molecule has 2 nitrogen and oxygen atoms in total. The van der Waals surface area contributed by atoms with E-state index in [9.17, 15) is 4.79 Å². The molecular weight excluding hydrogens is 222 g/mol. The van der Waals surface area contributed by atoms with Crippen molar-refractivity contribution >= 4 is 11.5 Å². The number of benzene rings is 2. The van der Waals surface area contributed by atoms with Crippen LogP contribution >= 0.6 is 0 Å². The summed E-state index contributed by atoms with van der Waals surface area (Å²) in [6.07, 6.45) is 1.74. The van der Waals surface area contributed by atoms with Crippen molar-refractivity contribution in [2.24, 2.45) is 0 Å². The molecule has 1 N–H and O–H groups in total. The third-order valence-corrected chi connectivity index (χ3v) is 2.68. The van der Waals surface area contributed by atoms with Gasteiger partial charge in [-0.25, -0.2) is 0 Å². The van der Waals surface area contributed by atoms with Gasteiger partial charge in [0.1, 0.15) is 0 Å². The topological polar surface area (TPSA) is 29.1 Å². The number of amides is 1. The van der Waals surface area contributed by atoms with Crippen LogP contribution in [0.2, 0.25) is 0 Å². The van der Waals surface area contributed by atoms with E-state index in [0.29, 0.717) is 5.56 Å².